The van der Waals surface area contributed by atoms with Gasteiger partial charge >= 0.3 is 5.69 Å². The van der Waals surface area contributed by atoms with Crippen LogP contribution in [0.5, 0.6) is 0 Å². The standard InChI is InChI=1S/C26H29N7O3.C3H6/c1-14(2)11-32-24-21(25(35)31(5)26(32)36)22(20-9-16(23(27)34)12-30(20)4)33(29-24)13-17-10-28-19-7-6-15(3)8-18(17)19;1-2-3-1/h6-10,12,14,28H,11,13H2,1-5H3,(H2,27,34);1-3H2. The zero-order valence-corrected chi connectivity index (χ0v) is 23.1. The Labute approximate surface area is 225 Å². The van der Waals surface area contributed by atoms with Crippen LogP contribution in [0.25, 0.3) is 33.3 Å². The molecule has 1 aromatic carbocycles. The van der Waals surface area contributed by atoms with Crippen LogP contribution in [0.1, 0.15) is 54.6 Å². The molecule has 1 aliphatic rings. The van der Waals surface area contributed by atoms with Crippen molar-refractivity contribution < 1.29 is 4.79 Å². The maximum atomic E-state index is 13.5. The number of nitrogens with one attached hydrogen (secondary N) is 1. The fraction of sp³-hybridized carbons (Fsp3) is 0.379. The number of hydrogen-bond donors (Lipinski definition) is 2. The molecule has 0 atom stereocenters. The summed E-state index contributed by atoms with van der Waals surface area (Å²) in [6.07, 6.45) is 8.06. The van der Waals surface area contributed by atoms with Crippen LogP contribution in [0.4, 0.5) is 0 Å². The van der Waals surface area contributed by atoms with Gasteiger partial charge in [0.1, 0.15) is 11.1 Å². The van der Waals surface area contributed by atoms with Crippen molar-refractivity contribution in [3.63, 3.8) is 0 Å². The molecular formula is C29H35N7O3. The van der Waals surface area contributed by atoms with Crippen LogP contribution >= 0.6 is 0 Å². The molecule has 10 heteroatoms. The van der Waals surface area contributed by atoms with Crippen molar-refractivity contribution in [1.82, 2.24) is 28.5 Å². The van der Waals surface area contributed by atoms with Gasteiger partial charge in [0.25, 0.3) is 5.56 Å². The van der Waals surface area contributed by atoms with Gasteiger partial charge in [-0.2, -0.15) is 5.10 Å². The second kappa shape index (κ2) is 10.1. The average Bonchev–Trinajstić information content (AvgIpc) is 3.55. The van der Waals surface area contributed by atoms with E-state index in [2.05, 4.69) is 11.1 Å². The Morgan fingerprint density at radius 3 is 2.46 bits per heavy atom. The summed E-state index contributed by atoms with van der Waals surface area (Å²) in [6.45, 7) is 6.81. The molecule has 6 rings (SSSR count). The molecule has 1 aliphatic carbocycles. The highest BCUT2D eigenvalue weighted by atomic mass is 16.2. The number of aromatic amines is 1. The molecule has 0 saturated heterocycles. The molecule has 204 valence electrons. The molecule has 0 radical (unpaired) electrons. The highest BCUT2D eigenvalue weighted by Gasteiger charge is 2.25. The van der Waals surface area contributed by atoms with E-state index in [4.69, 9.17) is 10.8 Å². The zero-order valence-electron chi connectivity index (χ0n) is 23.1. The lowest BCUT2D eigenvalue weighted by Gasteiger charge is -2.11. The maximum absolute atomic E-state index is 13.5. The molecule has 0 unspecified atom stereocenters. The van der Waals surface area contributed by atoms with Crippen LogP contribution in [0.3, 0.4) is 0 Å². The van der Waals surface area contributed by atoms with Crippen molar-refractivity contribution in [3.05, 3.63) is 74.2 Å². The number of amides is 1. The molecule has 5 aromatic rings. The Kier molecular flexibility index (Phi) is 6.80. The minimum Gasteiger partial charge on any atom is -0.366 e. The third-order valence-electron chi connectivity index (χ3n) is 6.90. The van der Waals surface area contributed by atoms with E-state index in [0.717, 1.165) is 26.6 Å². The first-order valence-electron chi connectivity index (χ1n) is 13.3. The number of primary amides is 1. The SMILES string of the molecule is C1CC1.Cc1ccc2[nH]cc(Cn3nc4c(c3-c3cc(C(N)=O)cn3C)c(=O)n(C)c(=O)n4CC(C)C)c2c1. The highest BCUT2D eigenvalue weighted by Crippen LogP contribution is 2.30. The number of H-pyrrole nitrogens is 1. The van der Waals surface area contributed by atoms with E-state index in [9.17, 15) is 14.4 Å². The summed E-state index contributed by atoms with van der Waals surface area (Å²) in [5.41, 5.74) is 9.59. The lowest BCUT2D eigenvalue weighted by Crippen LogP contribution is -2.38. The molecule has 0 aliphatic heterocycles. The monoisotopic (exact) mass is 529 g/mol. The van der Waals surface area contributed by atoms with Gasteiger partial charge in [0.15, 0.2) is 5.65 Å². The summed E-state index contributed by atoms with van der Waals surface area (Å²) in [7, 11) is 3.26. The summed E-state index contributed by atoms with van der Waals surface area (Å²) in [5.74, 6) is -0.408. The van der Waals surface area contributed by atoms with Gasteiger partial charge in [-0.1, -0.05) is 44.7 Å². The maximum Gasteiger partial charge on any atom is 0.332 e. The van der Waals surface area contributed by atoms with Gasteiger partial charge in [0.2, 0.25) is 5.91 Å². The van der Waals surface area contributed by atoms with Crippen LogP contribution in [-0.2, 0) is 27.2 Å². The number of carbonyl (C=O) groups excluding carboxylic acids is 1. The molecule has 39 heavy (non-hydrogen) atoms. The van der Waals surface area contributed by atoms with Crippen LogP contribution in [0.2, 0.25) is 0 Å². The van der Waals surface area contributed by atoms with Gasteiger partial charge in [-0.25, -0.2) is 4.79 Å². The van der Waals surface area contributed by atoms with Crippen molar-refractivity contribution in [2.24, 2.45) is 25.7 Å². The van der Waals surface area contributed by atoms with Gasteiger partial charge in [-0.3, -0.25) is 23.4 Å². The largest absolute Gasteiger partial charge is 0.366 e. The number of nitrogens with zero attached hydrogens (tertiary/aromatic N) is 5. The number of hydrogen-bond acceptors (Lipinski definition) is 4. The van der Waals surface area contributed by atoms with Gasteiger partial charge in [-0.05, 0) is 36.6 Å². The number of benzene rings is 1. The number of aryl methyl sites for hydroxylation is 2. The van der Waals surface area contributed by atoms with Crippen molar-refractivity contribution >= 4 is 27.8 Å². The summed E-state index contributed by atoms with van der Waals surface area (Å²) in [4.78, 5) is 41.8. The topological polar surface area (TPSA) is 126 Å². The Bertz CT molecular complexity index is 1820. The van der Waals surface area contributed by atoms with E-state index >= 15 is 0 Å². The molecule has 0 bridgehead atoms. The van der Waals surface area contributed by atoms with Gasteiger partial charge in [-0.15, -0.1) is 0 Å². The van der Waals surface area contributed by atoms with E-state index in [-0.39, 0.29) is 5.92 Å². The normalized spacial score (nSPS) is 12.8. The van der Waals surface area contributed by atoms with E-state index in [1.165, 1.54) is 26.3 Å². The van der Waals surface area contributed by atoms with Crippen molar-refractivity contribution in [3.8, 4) is 11.4 Å². The summed E-state index contributed by atoms with van der Waals surface area (Å²) >= 11 is 0. The lowest BCUT2D eigenvalue weighted by molar-refractivity contribution is 0.100. The van der Waals surface area contributed by atoms with Crippen molar-refractivity contribution in [2.45, 2.75) is 53.1 Å². The Balaban J connectivity index is 0.000000962. The molecule has 1 amide bonds. The fourth-order valence-corrected chi connectivity index (χ4v) is 4.78. The van der Waals surface area contributed by atoms with Crippen LogP contribution in [-0.4, -0.2) is 34.4 Å². The van der Waals surface area contributed by atoms with Gasteiger partial charge in [0.05, 0.1) is 17.8 Å². The number of fused-ring (bicyclic) bond motifs is 2. The van der Waals surface area contributed by atoms with Gasteiger partial charge in [0, 0.05) is 43.9 Å². The van der Waals surface area contributed by atoms with E-state index < -0.39 is 17.2 Å². The van der Waals surface area contributed by atoms with E-state index in [0.29, 0.717) is 41.1 Å². The van der Waals surface area contributed by atoms with Crippen LogP contribution in [0.15, 0.2) is 46.2 Å². The molecule has 0 spiro atoms. The molecule has 10 nitrogen and oxygen atoms in total. The summed E-state index contributed by atoms with van der Waals surface area (Å²) in [6, 6.07) is 7.83. The Hall–Kier alpha value is -4.34. The van der Waals surface area contributed by atoms with Crippen molar-refractivity contribution in [1.29, 1.82) is 0 Å². The molecule has 1 saturated carbocycles. The van der Waals surface area contributed by atoms with Gasteiger partial charge < -0.3 is 15.3 Å². The Morgan fingerprint density at radius 1 is 1.13 bits per heavy atom. The average molecular weight is 530 g/mol. The molecule has 4 aromatic heterocycles. The molecule has 1 fully saturated rings. The number of aromatic nitrogens is 6. The van der Waals surface area contributed by atoms with Crippen molar-refractivity contribution in [2.75, 3.05) is 0 Å². The Morgan fingerprint density at radius 2 is 1.85 bits per heavy atom. The number of rotatable bonds is 6. The zero-order chi connectivity index (χ0) is 28.0. The van der Waals surface area contributed by atoms with E-state index in [1.807, 2.05) is 39.1 Å². The summed E-state index contributed by atoms with van der Waals surface area (Å²) < 4.78 is 6.17. The van der Waals surface area contributed by atoms with Crippen LogP contribution < -0.4 is 17.0 Å². The smallest absolute Gasteiger partial charge is 0.332 e. The first-order valence-corrected chi connectivity index (χ1v) is 13.3. The first kappa shape index (κ1) is 26.3. The third-order valence-corrected chi connectivity index (χ3v) is 6.90. The fourth-order valence-electron chi connectivity index (χ4n) is 4.78. The lowest BCUT2D eigenvalue weighted by atomic mass is 10.1. The molecule has 3 N–H and O–H groups in total. The predicted molar refractivity (Wildman–Crippen MR) is 153 cm³/mol. The predicted octanol–water partition coefficient (Wildman–Crippen LogP) is 3.67. The second-order valence-electron chi connectivity index (χ2n) is 10.9. The van der Waals surface area contributed by atoms with Crippen LogP contribution in [0, 0.1) is 12.8 Å². The third kappa shape index (κ3) is 4.94. The molecule has 4 heterocycles. The van der Waals surface area contributed by atoms with E-state index in [1.54, 1.807) is 33.1 Å². The molecular weight excluding hydrogens is 494 g/mol. The highest BCUT2D eigenvalue weighted by molar-refractivity contribution is 5.96. The number of nitrogens with two attached hydrogens (primary N) is 1. The first-order chi connectivity index (χ1) is 18.6. The second-order valence-corrected chi connectivity index (χ2v) is 10.9. The minimum absolute atomic E-state index is 0.157. The summed E-state index contributed by atoms with van der Waals surface area (Å²) in [5, 5.41) is 6.21. The quantitative estimate of drug-likeness (QED) is 0.348. The minimum atomic E-state index is -0.566. The number of carbonyl (C=O) groups is 1.